The minimum absolute atomic E-state index is 0.0223. The van der Waals surface area contributed by atoms with Crippen LogP contribution >= 0.6 is 12.6 Å². The summed E-state index contributed by atoms with van der Waals surface area (Å²) in [6.45, 7) is 6.17. The quantitative estimate of drug-likeness (QED) is 0.434. The zero-order chi connectivity index (χ0) is 21.3. The van der Waals surface area contributed by atoms with E-state index in [2.05, 4.69) is 41.6 Å². The molecule has 2 aromatic carbocycles. The molecule has 0 aliphatic rings. The van der Waals surface area contributed by atoms with Crippen LogP contribution in [0.2, 0.25) is 0 Å². The summed E-state index contributed by atoms with van der Waals surface area (Å²) in [5.41, 5.74) is 4.57. The Labute approximate surface area is 176 Å². The van der Waals surface area contributed by atoms with E-state index < -0.39 is 0 Å². The van der Waals surface area contributed by atoms with Crippen LogP contribution in [0, 0.1) is 0 Å². The number of nitrogens with one attached hydrogen (secondary N) is 1. The lowest BCUT2D eigenvalue weighted by Crippen LogP contribution is -2.26. The first-order valence-electron chi connectivity index (χ1n) is 9.52. The molecule has 7 heteroatoms. The smallest absolute Gasteiger partial charge is 0.142 e. The van der Waals surface area contributed by atoms with Gasteiger partial charge in [-0.3, -0.25) is 5.10 Å². The maximum absolute atomic E-state index is 10.5. The van der Waals surface area contributed by atoms with Crippen LogP contribution in [0.1, 0.15) is 26.3 Å². The van der Waals surface area contributed by atoms with Crippen LogP contribution in [-0.2, 0) is 6.42 Å². The van der Waals surface area contributed by atoms with Crippen molar-refractivity contribution in [2.24, 2.45) is 0 Å². The van der Waals surface area contributed by atoms with Crippen molar-refractivity contribution in [1.29, 1.82) is 0 Å². The highest BCUT2D eigenvalue weighted by atomic mass is 32.1. The summed E-state index contributed by atoms with van der Waals surface area (Å²) in [5.74, 6) is 0.827. The number of aromatic hydroxyl groups is 2. The molecule has 3 rings (SSSR count). The summed E-state index contributed by atoms with van der Waals surface area (Å²) in [6.07, 6.45) is 0.641. The predicted molar refractivity (Wildman–Crippen MR) is 120 cm³/mol. The van der Waals surface area contributed by atoms with E-state index in [4.69, 9.17) is 4.74 Å². The van der Waals surface area contributed by atoms with Gasteiger partial charge in [0.15, 0.2) is 0 Å². The van der Waals surface area contributed by atoms with E-state index in [1.54, 1.807) is 13.2 Å². The Morgan fingerprint density at radius 2 is 1.90 bits per heavy atom. The number of rotatable bonds is 6. The third kappa shape index (κ3) is 3.87. The summed E-state index contributed by atoms with van der Waals surface area (Å²) in [5, 5.41) is 28.3. The molecule has 0 unspecified atom stereocenters. The van der Waals surface area contributed by atoms with Crippen LogP contribution in [-0.4, -0.2) is 40.6 Å². The molecule has 0 radical (unpaired) electrons. The van der Waals surface area contributed by atoms with Gasteiger partial charge in [-0.15, -0.1) is 12.6 Å². The Kier molecular flexibility index (Phi) is 5.98. The molecule has 0 spiro atoms. The molecule has 29 heavy (non-hydrogen) atoms. The van der Waals surface area contributed by atoms with E-state index in [1.165, 1.54) is 6.07 Å². The number of H-pyrrole nitrogens is 1. The van der Waals surface area contributed by atoms with Crippen molar-refractivity contribution in [2.45, 2.75) is 38.3 Å². The van der Waals surface area contributed by atoms with E-state index >= 15 is 0 Å². The van der Waals surface area contributed by atoms with Crippen LogP contribution in [0.3, 0.4) is 0 Å². The highest BCUT2D eigenvalue weighted by Crippen LogP contribution is 2.43. The van der Waals surface area contributed by atoms with E-state index in [-0.39, 0.29) is 17.5 Å². The third-order valence-corrected chi connectivity index (χ3v) is 5.54. The summed E-state index contributed by atoms with van der Waals surface area (Å²) >= 11 is 4.54. The highest BCUT2D eigenvalue weighted by Gasteiger charge is 2.21. The van der Waals surface area contributed by atoms with Gasteiger partial charge in [0.05, 0.1) is 18.5 Å². The second-order valence-electron chi connectivity index (χ2n) is 7.24. The third-order valence-electron chi connectivity index (χ3n) is 5.22. The van der Waals surface area contributed by atoms with Crippen molar-refractivity contribution in [1.82, 2.24) is 10.2 Å². The van der Waals surface area contributed by atoms with Gasteiger partial charge in [0.1, 0.15) is 22.3 Å². The fourth-order valence-corrected chi connectivity index (χ4v) is 3.60. The highest BCUT2D eigenvalue weighted by molar-refractivity contribution is 7.80. The van der Waals surface area contributed by atoms with Gasteiger partial charge < -0.3 is 19.8 Å². The zero-order valence-corrected chi connectivity index (χ0v) is 18.2. The molecule has 3 aromatic rings. The molecule has 0 amide bonds. The Morgan fingerprint density at radius 1 is 1.17 bits per heavy atom. The normalized spacial score (nSPS) is 11.1. The second-order valence-corrected chi connectivity index (χ2v) is 7.66. The van der Waals surface area contributed by atoms with Crippen LogP contribution in [0.4, 0.5) is 5.69 Å². The molecule has 0 atom stereocenters. The summed E-state index contributed by atoms with van der Waals surface area (Å²) in [7, 11) is 3.67. The number of phenols is 2. The van der Waals surface area contributed by atoms with Crippen molar-refractivity contribution < 1.29 is 14.9 Å². The SMILES string of the molecule is CCc1cc(-c2[nH]nc(S)c2-c2ccc(OC)c(N(C)C(C)C)c2)c(O)cc1O. The molecule has 1 heterocycles. The number of aromatic nitrogens is 2. The van der Waals surface area contributed by atoms with Crippen molar-refractivity contribution >= 4 is 18.3 Å². The average molecular weight is 414 g/mol. The van der Waals surface area contributed by atoms with E-state index in [0.29, 0.717) is 22.7 Å². The number of phenolic OH excluding ortho intramolecular Hbond substituents is 2. The maximum atomic E-state index is 10.5. The fourth-order valence-electron chi connectivity index (χ4n) is 3.31. The van der Waals surface area contributed by atoms with Crippen molar-refractivity contribution in [2.75, 3.05) is 19.1 Å². The first-order chi connectivity index (χ1) is 13.8. The van der Waals surface area contributed by atoms with Gasteiger partial charge in [-0.25, -0.2) is 0 Å². The molecule has 0 saturated heterocycles. The van der Waals surface area contributed by atoms with Crippen molar-refractivity contribution in [3.05, 3.63) is 35.9 Å². The van der Waals surface area contributed by atoms with Gasteiger partial charge in [-0.2, -0.15) is 5.10 Å². The lowest BCUT2D eigenvalue weighted by molar-refractivity contribution is 0.414. The van der Waals surface area contributed by atoms with E-state index in [1.807, 2.05) is 32.2 Å². The number of hydrogen-bond acceptors (Lipinski definition) is 6. The van der Waals surface area contributed by atoms with Gasteiger partial charge in [0.25, 0.3) is 0 Å². The number of methoxy groups -OCH3 is 1. The number of ether oxygens (including phenoxy) is 1. The molecule has 6 nitrogen and oxygen atoms in total. The van der Waals surface area contributed by atoms with Gasteiger partial charge in [0.2, 0.25) is 0 Å². The summed E-state index contributed by atoms with van der Waals surface area (Å²) in [4.78, 5) is 2.13. The fraction of sp³-hybridized carbons (Fsp3) is 0.318. The van der Waals surface area contributed by atoms with Gasteiger partial charge in [-0.1, -0.05) is 13.0 Å². The molecule has 1 aromatic heterocycles. The molecule has 0 bridgehead atoms. The van der Waals surface area contributed by atoms with Crippen LogP contribution in [0.5, 0.6) is 17.2 Å². The molecule has 0 saturated carbocycles. The Balaban J connectivity index is 2.20. The molecular formula is C22H27N3O3S. The maximum Gasteiger partial charge on any atom is 0.142 e. The lowest BCUT2D eigenvalue weighted by Gasteiger charge is -2.26. The Hall–Kier alpha value is -2.80. The van der Waals surface area contributed by atoms with Gasteiger partial charge in [-0.05, 0) is 49.6 Å². The molecule has 3 N–H and O–H groups in total. The number of anilines is 1. The molecule has 0 aliphatic carbocycles. The van der Waals surface area contributed by atoms with E-state index in [9.17, 15) is 10.2 Å². The first kappa shape index (κ1) is 20.9. The van der Waals surface area contributed by atoms with Crippen molar-refractivity contribution in [3.8, 4) is 39.6 Å². The minimum atomic E-state index is -0.0223. The zero-order valence-electron chi connectivity index (χ0n) is 17.3. The number of thiol groups is 1. The Morgan fingerprint density at radius 3 is 2.52 bits per heavy atom. The van der Waals surface area contributed by atoms with E-state index in [0.717, 1.165) is 28.1 Å². The van der Waals surface area contributed by atoms with Gasteiger partial charge in [0, 0.05) is 30.3 Å². The van der Waals surface area contributed by atoms with Crippen molar-refractivity contribution in [3.63, 3.8) is 0 Å². The van der Waals surface area contributed by atoms with Crippen LogP contribution < -0.4 is 9.64 Å². The average Bonchev–Trinajstić information content (AvgIpc) is 3.08. The number of aromatic amines is 1. The van der Waals surface area contributed by atoms with Gasteiger partial charge >= 0.3 is 0 Å². The minimum Gasteiger partial charge on any atom is -0.508 e. The summed E-state index contributed by atoms with van der Waals surface area (Å²) < 4.78 is 5.54. The van der Waals surface area contributed by atoms with Crippen LogP contribution in [0.15, 0.2) is 35.4 Å². The second kappa shape index (κ2) is 8.29. The standard InChI is InChI=1S/C22H27N3O3S/c1-6-13-9-15(18(27)11-17(13)26)21-20(22(29)24-23-21)14-7-8-19(28-5)16(10-14)25(4)12(2)3/h7-12,26-27H,6H2,1-5H3,(H2,23,24,29). The number of benzene rings is 2. The Bertz CT molecular complexity index is 1030. The first-order valence-corrected chi connectivity index (χ1v) is 9.96. The summed E-state index contributed by atoms with van der Waals surface area (Å²) in [6, 6.07) is 9.32. The topological polar surface area (TPSA) is 81.6 Å². The number of aryl methyl sites for hydroxylation is 1. The molecule has 154 valence electrons. The van der Waals surface area contributed by atoms with Crippen LogP contribution in [0.25, 0.3) is 22.4 Å². The molecular weight excluding hydrogens is 386 g/mol. The number of nitrogens with zero attached hydrogens (tertiary/aromatic N) is 2. The predicted octanol–water partition coefficient (Wildman–Crippen LogP) is 4.86. The lowest BCUT2D eigenvalue weighted by atomic mass is 9.97. The molecule has 0 fully saturated rings. The number of hydrogen-bond donors (Lipinski definition) is 4. The monoisotopic (exact) mass is 413 g/mol. The largest absolute Gasteiger partial charge is 0.508 e. The molecule has 0 aliphatic heterocycles.